The zero-order chi connectivity index (χ0) is 14.9. The van der Waals surface area contributed by atoms with E-state index in [-0.39, 0.29) is 12.6 Å². The molecule has 106 valence electrons. The van der Waals surface area contributed by atoms with E-state index in [1.165, 1.54) is 7.11 Å². The van der Waals surface area contributed by atoms with Crippen molar-refractivity contribution in [1.82, 2.24) is 9.80 Å². The second kappa shape index (κ2) is 5.32. The molecule has 0 bridgehead atoms. The van der Waals surface area contributed by atoms with Crippen molar-refractivity contribution >= 4 is 17.8 Å². The second-order valence-electron chi connectivity index (χ2n) is 4.79. The van der Waals surface area contributed by atoms with Crippen molar-refractivity contribution in [1.29, 1.82) is 0 Å². The summed E-state index contributed by atoms with van der Waals surface area (Å²) in [4.78, 5) is 37.7. The first kappa shape index (κ1) is 14.0. The highest BCUT2D eigenvalue weighted by atomic mass is 16.5. The van der Waals surface area contributed by atoms with Gasteiger partial charge in [0.15, 0.2) is 0 Å². The summed E-state index contributed by atoms with van der Waals surface area (Å²) in [7, 11) is 1.54. The maximum Gasteiger partial charge on any atom is 0.334 e. The molecule has 0 spiro atoms. The largest absolute Gasteiger partial charge is 0.497 e. The number of methoxy groups -OCH3 is 1. The summed E-state index contributed by atoms with van der Waals surface area (Å²) >= 11 is 0. The number of hydrogen-bond acceptors (Lipinski definition) is 4. The van der Waals surface area contributed by atoms with Gasteiger partial charge in [0.25, 0.3) is 0 Å². The molecule has 6 nitrogen and oxygen atoms in total. The van der Waals surface area contributed by atoms with Crippen molar-refractivity contribution in [2.75, 3.05) is 7.11 Å². The van der Waals surface area contributed by atoms with Crippen LogP contribution in [0.3, 0.4) is 0 Å². The predicted octanol–water partition coefficient (Wildman–Crippen LogP) is 1.39. The summed E-state index contributed by atoms with van der Waals surface area (Å²) in [6.07, 6.45) is 0. The third kappa shape index (κ3) is 2.36. The molecule has 0 atom stereocenters. The zero-order valence-corrected chi connectivity index (χ0v) is 11.6. The molecule has 0 N–H and O–H groups in total. The molecule has 1 aliphatic rings. The minimum absolute atomic E-state index is 0.0594. The Morgan fingerprint density at radius 1 is 1.15 bits per heavy atom. The van der Waals surface area contributed by atoms with Crippen LogP contribution < -0.4 is 4.74 Å². The lowest BCUT2D eigenvalue weighted by atomic mass is 10.2. The Kier molecular flexibility index (Phi) is 3.74. The normalized spacial score (nSPS) is 15.5. The number of benzene rings is 1. The van der Waals surface area contributed by atoms with E-state index in [0.717, 1.165) is 15.4 Å². The first-order chi connectivity index (χ1) is 9.45. The van der Waals surface area contributed by atoms with Gasteiger partial charge in [0, 0.05) is 6.04 Å². The number of carbonyl (C=O) groups is 3. The fraction of sp³-hybridized carbons (Fsp3) is 0.357. The maximum atomic E-state index is 12.1. The van der Waals surface area contributed by atoms with Gasteiger partial charge in [-0.15, -0.1) is 0 Å². The number of ether oxygens (including phenoxy) is 1. The number of nitrogens with zero attached hydrogens (tertiary/aromatic N) is 2. The Balaban J connectivity index is 2.23. The molecule has 2 rings (SSSR count). The van der Waals surface area contributed by atoms with Crippen LogP contribution in [0, 0.1) is 0 Å². The lowest BCUT2D eigenvalue weighted by molar-refractivity contribution is -0.144. The summed E-state index contributed by atoms with van der Waals surface area (Å²) in [5.74, 6) is -0.923. The van der Waals surface area contributed by atoms with Crippen LogP contribution in [0.2, 0.25) is 0 Å². The molecule has 1 saturated heterocycles. The molecule has 0 radical (unpaired) electrons. The molecule has 20 heavy (non-hydrogen) atoms. The van der Waals surface area contributed by atoms with Crippen molar-refractivity contribution in [2.45, 2.75) is 26.4 Å². The van der Waals surface area contributed by atoms with Crippen LogP contribution >= 0.6 is 0 Å². The van der Waals surface area contributed by atoms with Gasteiger partial charge in [0.1, 0.15) is 5.75 Å². The van der Waals surface area contributed by atoms with Crippen molar-refractivity contribution in [2.24, 2.45) is 0 Å². The molecule has 6 heteroatoms. The van der Waals surface area contributed by atoms with Crippen LogP contribution in [-0.4, -0.2) is 40.8 Å². The average molecular weight is 276 g/mol. The van der Waals surface area contributed by atoms with Gasteiger partial charge in [-0.2, -0.15) is 0 Å². The summed E-state index contributed by atoms with van der Waals surface area (Å²) in [5.41, 5.74) is 0.726. The highest BCUT2D eigenvalue weighted by molar-refractivity contribution is 6.44. The van der Waals surface area contributed by atoms with Gasteiger partial charge in [-0.1, -0.05) is 12.1 Å². The molecule has 1 fully saturated rings. The third-order valence-electron chi connectivity index (χ3n) is 3.08. The van der Waals surface area contributed by atoms with E-state index in [1.54, 1.807) is 38.1 Å². The smallest absolute Gasteiger partial charge is 0.334 e. The van der Waals surface area contributed by atoms with Crippen molar-refractivity contribution in [3.8, 4) is 5.75 Å². The van der Waals surface area contributed by atoms with Gasteiger partial charge < -0.3 is 4.74 Å². The fourth-order valence-corrected chi connectivity index (χ4v) is 2.07. The first-order valence-corrected chi connectivity index (χ1v) is 6.27. The quantitative estimate of drug-likeness (QED) is 0.615. The molecule has 1 aliphatic heterocycles. The summed E-state index contributed by atoms with van der Waals surface area (Å²) in [6.45, 7) is 3.44. The molecule has 1 aromatic carbocycles. The van der Waals surface area contributed by atoms with Gasteiger partial charge in [-0.25, -0.2) is 4.79 Å². The lowest BCUT2D eigenvalue weighted by Gasteiger charge is -2.18. The zero-order valence-electron chi connectivity index (χ0n) is 11.6. The molecule has 1 heterocycles. The van der Waals surface area contributed by atoms with Crippen LogP contribution in [0.5, 0.6) is 5.75 Å². The Morgan fingerprint density at radius 2 is 1.85 bits per heavy atom. The average Bonchev–Trinajstić information content (AvgIpc) is 2.63. The van der Waals surface area contributed by atoms with E-state index in [4.69, 9.17) is 4.74 Å². The maximum absolute atomic E-state index is 12.1. The summed E-state index contributed by atoms with van der Waals surface area (Å²) in [6, 6.07) is 6.12. The Morgan fingerprint density at radius 3 is 2.40 bits per heavy atom. The van der Waals surface area contributed by atoms with Gasteiger partial charge in [-0.3, -0.25) is 19.4 Å². The van der Waals surface area contributed by atoms with Crippen LogP contribution in [0.25, 0.3) is 0 Å². The SMILES string of the molecule is COc1cccc(CN2C(=O)C(=O)N(C(C)C)C2=O)c1. The Hall–Kier alpha value is -2.37. The van der Waals surface area contributed by atoms with E-state index >= 15 is 0 Å². The van der Waals surface area contributed by atoms with Crippen LogP contribution in [-0.2, 0) is 16.1 Å². The van der Waals surface area contributed by atoms with Gasteiger partial charge in [-0.05, 0) is 31.5 Å². The molecule has 0 unspecified atom stereocenters. The topological polar surface area (TPSA) is 66.9 Å². The van der Waals surface area contributed by atoms with Crippen molar-refractivity contribution in [3.05, 3.63) is 29.8 Å². The van der Waals surface area contributed by atoms with Crippen LogP contribution in [0.1, 0.15) is 19.4 Å². The lowest BCUT2D eigenvalue weighted by Crippen LogP contribution is -2.37. The standard InChI is InChI=1S/C14H16N2O4/c1-9(2)16-13(18)12(17)15(14(16)19)8-10-5-4-6-11(7-10)20-3/h4-7,9H,8H2,1-3H3. The van der Waals surface area contributed by atoms with Gasteiger partial charge in [0.05, 0.1) is 13.7 Å². The van der Waals surface area contributed by atoms with Gasteiger partial charge >= 0.3 is 17.8 Å². The van der Waals surface area contributed by atoms with Crippen molar-refractivity contribution in [3.63, 3.8) is 0 Å². The predicted molar refractivity (Wildman–Crippen MR) is 70.9 cm³/mol. The van der Waals surface area contributed by atoms with Crippen molar-refractivity contribution < 1.29 is 19.1 Å². The number of urea groups is 1. The molecule has 0 aliphatic carbocycles. The highest BCUT2D eigenvalue weighted by Crippen LogP contribution is 2.20. The fourth-order valence-electron chi connectivity index (χ4n) is 2.07. The minimum atomic E-state index is -0.786. The molecule has 0 saturated carbocycles. The summed E-state index contributed by atoms with van der Waals surface area (Å²) < 4.78 is 5.09. The number of carbonyl (C=O) groups excluding carboxylic acids is 3. The highest BCUT2D eigenvalue weighted by Gasteiger charge is 2.45. The second-order valence-corrected chi connectivity index (χ2v) is 4.79. The molecular formula is C14H16N2O4. The van der Waals surface area contributed by atoms with E-state index in [0.29, 0.717) is 5.75 Å². The monoisotopic (exact) mass is 276 g/mol. The minimum Gasteiger partial charge on any atom is -0.497 e. The van der Waals surface area contributed by atoms with Crippen LogP contribution in [0.4, 0.5) is 4.79 Å². The number of imide groups is 2. The summed E-state index contributed by atoms with van der Waals surface area (Å²) in [5, 5.41) is 0. The van der Waals surface area contributed by atoms with E-state index in [9.17, 15) is 14.4 Å². The Labute approximate surface area is 116 Å². The number of amides is 4. The molecule has 4 amide bonds. The third-order valence-corrected chi connectivity index (χ3v) is 3.08. The van der Waals surface area contributed by atoms with E-state index in [2.05, 4.69) is 0 Å². The van der Waals surface area contributed by atoms with Crippen LogP contribution in [0.15, 0.2) is 24.3 Å². The number of rotatable bonds is 4. The molecule has 0 aromatic heterocycles. The van der Waals surface area contributed by atoms with E-state index in [1.807, 2.05) is 0 Å². The molecular weight excluding hydrogens is 260 g/mol. The molecule has 1 aromatic rings. The number of hydrogen-bond donors (Lipinski definition) is 0. The Bertz CT molecular complexity index is 568. The van der Waals surface area contributed by atoms with E-state index < -0.39 is 17.8 Å². The van der Waals surface area contributed by atoms with Gasteiger partial charge in [0.2, 0.25) is 0 Å². The first-order valence-electron chi connectivity index (χ1n) is 6.27.